The predicted molar refractivity (Wildman–Crippen MR) is 82.2 cm³/mol. The number of halogens is 1. The highest BCUT2D eigenvalue weighted by Gasteiger charge is 2.03. The predicted octanol–water partition coefficient (Wildman–Crippen LogP) is 4.06. The van der Waals surface area contributed by atoms with Gasteiger partial charge in [0.15, 0.2) is 17.3 Å². The standard InChI is InChI=1S/C16H13BrO3/c1-20-16-9-11(6-8-15(16)19)5-7-14(18)12-3-2-4-13(17)10-12/h2-10,19H,1H3/b7-5+. The Morgan fingerprint density at radius 1 is 1.25 bits per heavy atom. The van der Waals surface area contributed by atoms with E-state index in [0.717, 1.165) is 10.0 Å². The van der Waals surface area contributed by atoms with Gasteiger partial charge in [-0.05, 0) is 35.9 Å². The second-order valence-corrected chi connectivity index (χ2v) is 5.05. The highest BCUT2D eigenvalue weighted by Crippen LogP contribution is 2.26. The summed E-state index contributed by atoms with van der Waals surface area (Å²) < 4.78 is 5.88. The third-order valence-electron chi connectivity index (χ3n) is 2.74. The van der Waals surface area contributed by atoms with E-state index < -0.39 is 0 Å². The minimum Gasteiger partial charge on any atom is -0.504 e. The van der Waals surface area contributed by atoms with E-state index in [1.807, 2.05) is 12.1 Å². The summed E-state index contributed by atoms with van der Waals surface area (Å²) in [5.41, 5.74) is 1.39. The summed E-state index contributed by atoms with van der Waals surface area (Å²) in [6, 6.07) is 12.1. The van der Waals surface area contributed by atoms with Crippen molar-refractivity contribution < 1.29 is 14.6 Å². The number of allylic oxidation sites excluding steroid dienone is 1. The average molecular weight is 333 g/mol. The van der Waals surface area contributed by atoms with Gasteiger partial charge in [-0.1, -0.05) is 40.2 Å². The van der Waals surface area contributed by atoms with Gasteiger partial charge >= 0.3 is 0 Å². The highest BCUT2D eigenvalue weighted by atomic mass is 79.9. The van der Waals surface area contributed by atoms with Crippen LogP contribution in [0.25, 0.3) is 6.08 Å². The number of hydrogen-bond acceptors (Lipinski definition) is 3. The molecule has 2 aromatic carbocycles. The first-order valence-corrected chi connectivity index (χ1v) is 6.74. The summed E-state index contributed by atoms with van der Waals surface area (Å²) in [5.74, 6) is 0.364. The molecule has 0 amide bonds. The van der Waals surface area contributed by atoms with Crippen LogP contribution in [0.1, 0.15) is 15.9 Å². The van der Waals surface area contributed by atoms with Crippen LogP contribution in [0.4, 0.5) is 0 Å². The topological polar surface area (TPSA) is 46.5 Å². The van der Waals surface area contributed by atoms with E-state index in [9.17, 15) is 9.90 Å². The largest absolute Gasteiger partial charge is 0.504 e. The quantitative estimate of drug-likeness (QED) is 0.678. The third-order valence-corrected chi connectivity index (χ3v) is 3.23. The first kappa shape index (κ1) is 14.3. The van der Waals surface area contributed by atoms with E-state index in [-0.39, 0.29) is 11.5 Å². The van der Waals surface area contributed by atoms with Crippen LogP contribution in [0, 0.1) is 0 Å². The number of benzene rings is 2. The molecule has 0 aliphatic heterocycles. The summed E-state index contributed by atoms with van der Waals surface area (Å²) in [7, 11) is 1.48. The number of aromatic hydroxyl groups is 1. The molecular formula is C16H13BrO3. The zero-order valence-electron chi connectivity index (χ0n) is 10.8. The number of ketones is 1. The van der Waals surface area contributed by atoms with E-state index in [1.165, 1.54) is 19.3 Å². The molecule has 0 unspecified atom stereocenters. The maximum Gasteiger partial charge on any atom is 0.185 e. The number of methoxy groups -OCH3 is 1. The average Bonchev–Trinajstić information content (AvgIpc) is 2.46. The molecule has 0 aromatic heterocycles. The molecule has 1 N–H and O–H groups in total. The fourth-order valence-corrected chi connectivity index (χ4v) is 2.11. The molecule has 0 radical (unpaired) electrons. The first-order chi connectivity index (χ1) is 9.60. The molecular weight excluding hydrogens is 320 g/mol. The Bertz CT molecular complexity index is 663. The molecule has 0 aliphatic carbocycles. The molecule has 0 spiro atoms. The Morgan fingerprint density at radius 2 is 2.05 bits per heavy atom. The molecule has 2 aromatic rings. The summed E-state index contributed by atoms with van der Waals surface area (Å²) in [6.07, 6.45) is 3.18. The third kappa shape index (κ3) is 3.48. The Balaban J connectivity index is 2.19. The van der Waals surface area contributed by atoms with Gasteiger partial charge in [0.25, 0.3) is 0 Å². The molecule has 20 heavy (non-hydrogen) atoms. The van der Waals surface area contributed by atoms with Crippen molar-refractivity contribution in [3.8, 4) is 11.5 Å². The van der Waals surface area contributed by atoms with Crippen LogP contribution in [0.5, 0.6) is 11.5 Å². The maximum atomic E-state index is 12.0. The van der Waals surface area contributed by atoms with E-state index in [2.05, 4.69) is 15.9 Å². The van der Waals surface area contributed by atoms with Gasteiger partial charge in [-0.3, -0.25) is 4.79 Å². The van der Waals surface area contributed by atoms with Crippen molar-refractivity contribution in [1.29, 1.82) is 0 Å². The van der Waals surface area contributed by atoms with Crippen LogP contribution < -0.4 is 4.74 Å². The molecule has 3 nitrogen and oxygen atoms in total. The Hall–Kier alpha value is -2.07. The maximum absolute atomic E-state index is 12.0. The zero-order chi connectivity index (χ0) is 14.5. The minimum absolute atomic E-state index is 0.0722. The molecule has 0 atom stereocenters. The number of phenols is 1. The zero-order valence-corrected chi connectivity index (χ0v) is 12.4. The normalized spacial score (nSPS) is 10.7. The van der Waals surface area contributed by atoms with Crippen molar-refractivity contribution >= 4 is 27.8 Å². The molecule has 2 rings (SSSR count). The van der Waals surface area contributed by atoms with Crippen LogP contribution in [-0.2, 0) is 0 Å². The van der Waals surface area contributed by atoms with Crippen molar-refractivity contribution in [1.82, 2.24) is 0 Å². The van der Waals surface area contributed by atoms with Crippen LogP contribution in [-0.4, -0.2) is 18.0 Å². The minimum atomic E-state index is -0.0849. The summed E-state index contributed by atoms with van der Waals surface area (Å²) in [5, 5.41) is 9.50. The van der Waals surface area contributed by atoms with Gasteiger partial charge in [0.05, 0.1) is 7.11 Å². The Morgan fingerprint density at radius 3 is 2.75 bits per heavy atom. The number of rotatable bonds is 4. The van der Waals surface area contributed by atoms with Crippen molar-refractivity contribution in [2.75, 3.05) is 7.11 Å². The van der Waals surface area contributed by atoms with Gasteiger partial charge in [-0.25, -0.2) is 0 Å². The lowest BCUT2D eigenvalue weighted by atomic mass is 10.1. The second kappa shape index (κ2) is 6.39. The molecule has 0 bridgehead atoms. The van der Waals surface area contributed by atoms with Crippen LogP contribution in [0.2, 0.25) is 0 Å². The summed E-state index contributed by atoms with van der Waals surface area (Å²) >= 11 is 3.33. The van der Waals surface area contributed by atoms with E-state index in [4.69, 9.17) is 4.74 Å². The van der Waals surface area contributed by atoms with E-state index >= 15 is 0 Å². The highest BCUT2D eigenvalue weighted by molar-refractivity contribution is 9.10. The summed E-state index contributed by atoms with van der Waals surface area (Å²) in [6.45, 7) is 0. The van der Waals surface area contributed by atoms with Crippen LogP contribution in [0.15, 0.2) is 53.0 Å². The number of carbonyl (C=O) groups is 1. The van der Waals surface area contributed by atoms with Crippen molar-refractivity contribution in [2.45, 2.75) is 0 Å². The first-order valence-electron chi connectivity index (χ1n) is 5.95. The smallest absolute Gasteiger partial charge is 0.185 e. The molecule has 102 valence electrons. The molecule has 0 fully saturated rings. The monoisotopic (exact) mass is 332 g/mol. The number of carbonyl (C=O) groups excluding carboxylic acids is 1. The molecule has 0 saturated heterocycles. The van der Waals surface area contributed by atoms with Crippen molar-refractivity contribution in [3.05, 3.63) is 64.1 Å². The van der Waals surface area contributed by atoms with E-state index in [0.29, 0.717) is 11.3 Å². The SMILES string of the molecule is COc1cc(/C=C/C(=O)c2cccc(Br)c2)ccc1O. The van der Waals surface area contributed by atoms with Crippen molar-refractivity contribution in [2.24, 2.45) is 0 Å². The molecule has 0 aliphatic rings. The van der Waals surface area contributed by atoms with Crippen LogP contribution in [0.3, 0.4) is 0 Å². The lowest BCUT2D eigenvalue weighted by Crippen LogP contribution is -1.93. The van der Waals surface area contributed by atoms with Gasteiger partial charge in [-0.2, -0.15) is 0 Å². The molecule has 4 heteroatoms. The number of ether oxygens (including phenoxy) is 1. The van der Waals surface area contributed by atoms with Gasteiger partial charge in [0.2, 0.25) is 0 Å². The number of phenolic OH excluding ortho intramolecular Hbond substituents is 1. The van der Waals surface area contributed by atoms with E-state index in [1.54, 1.807) is 30.3 Å². The molecule has 0 heterocycles. The van der Waals surface area contributed by atoms with Gasteiger partial charge in [0, 0.05) is 10.0 Å². The van der Waals surface area contributed by atoms with Crippen molar-refractivity contribution in [3.63, 3.8) is 0 Å². The number of hydrogen-bond donors (Lipinski definition) is 1. The fourth-order valence-electron chi connectivity index (χ4n) is 1.71. The second-order valence-electron chi connectivity index (χ2n) is 4.14. The molecule has 0 saturated carbocycles. The lowest BCUT2D eigenvalue weighted by molar-refractivity contribution is 0.104. The van der Waals surface area contributed by atoms with Gasteiger partial charge in [0.1, 0.15) is 0 Å². The Kier molecular flexibility index (Phi) is 4.58. The van der Waals surface area contributed by atoms with Crippen LogP contribution >= 0.6 is 15.9 Å². The lowest BCUT2D eigenvalue weighted by Gasteiger charge is -2.03. The van der Waals surface area contributed by atoms with Gasteiger partial charge in [-0.15, -0.1) is 0 Å². The fraction of sp³-hybridized carbons (Fsp3) is 0.0625. The Labute approximate surface area is 125 Å². The summed E-state index contributed by atoms with van der Waals surface area (Å²) in [4.78, 5) is 12.0. The van der Waals surface area contributed by atoms with Gasteiger partial charge < -0.3 is 9.84 Å².